The number of carbonyl (C=O) groups excluding carboxylic acids is 2. The first-order valence-corrected chi connectivity index (χ1v) is 13.2. The first-order chi connectivity index (χ1) is 15.3. The van der Waals surface area contributed by atoms with Crippen LogP contribution in [0.15, 0.2) is 0 Å². The van der Waals surface area contributed by atoms with Gasteiger partial charge in [0, 0.05) is 0 Å². The molecule has 0 saturated heterocycles. The third kappa shape index (κ3) is 6.78. The third-order valence-corrected chi connectivity index (χ3v) is 9.32. The summed E-state index contributed by atoms with van der Waals surface area (Å²) in [4.78, 5) is 27.2. The zero-order valence-electron chi connectivity index (χ0n) is 23.7. The maximum Gasteiger partial charge on any atom is 0.312 e. The number of esters is 2. The van der Waals surface area contributed by atoms with E-state index in [-0.39, 0.29) is 29.2 Å². The second kappa shape index (κ2) is 13.2. The Morgan fingerprint density at radius 1 is 0.818 bits per heavy atom. The van der Waals surface area contributed by atoms with Gasteiger partial charge in [-0.05, 0) is 61.7 Å². The Hall–Kier alpha value is -0.995. The van der Waals surface area contributed by atoms with Gasteiger partial charge in [0.05, 0.1) is 32.9 Å². The molecular formula is C28H53BO4. The van der Waals surface area contributed by atoms with Crippen molar-refractivity contribution in [2.75, 3.05) is 14.2 Å². The molecule has 0 rings (SSSR count). The van der Waals surface area contributed by atoms with Crippen molar-refractivity contribution in [3.05, 3.63) is 0 Å². The molecule has 0 heterocycles. The average Bonchev–Trinajstić information content (AvgIpc) is 2.82. The van der Waals surface area contributed by atoms with Gasteiger partial charge in [-0.15, -0.1) is 0 Å². The molecule has 192 valence electrons. The third-order valence-electron chi connectivity index (χ3n) is 9.32. The van der Waals surface area contributed by atoms with E-state index < -0.39 is 16.2 Å². The molecule has 0 aromatic heterocycles. The molecular weight excluding hydrogens is 411 g/mol. The first kappa shape index (κ1) is 32.0. The summed E-state index contributed by atoms with van der Waals surface area (Å²) in [7, 11) is 9.07. The van der Waals surface area contributed by atoms with Gasteiger partial charge >= 0.3 is 11.9 Å². The van der Waals surface area contributed by atoms with Crippen LogP contribution < -0.4 is 0 Å². The topological polar surface area (TPSA) is 52.6 Å². The monoisotopic (exact) mass is 464 g/mol. The molecule has 0 aliphatic rings. The zero-order valence-corrected chi connectivity index (χ0v) is 23.7. The van der Waals surface area contributed by atoms with Crippen LogP contribution in [-0.2, 0) is 19.1 Å². The lowest BCUT2D eigenvalue weighted by Crippen LogP contribution is -2.53. The van der Waals surface area contributed by atoms with E-state index in [2.05, 4.69) is 55.4 Å². The summed E-state index contributed by atoms with van der Waals surface area (Å²) in [5.41, 5.74) is -1.90. The molecule has 0 saturated carbocycles. The molecule has 4 nitrogen and oxygen atoms in total. The van der Waals surface area contributed by atoms with Crippen molar-refractivity contribution in [3.8, 4) is 0 Å². The molecule has 33 heavy (non-hydrogen) atoms. The fourth-order valence-corrected chi connectivity index (χ4v) is 6.12. The largest absolute Gasteiger partial charge is 0.469 e. The van der Waals surface area contributed by atoms with Gasteiger partial charge in [-0.25, -0.2) is 0 Å². The standard InChI is InChI=1S/C28H53BO4/c1-12-21(6)28(24(31)33-11,19-25(7,8)14-3)20-27(15-4,16-5)26(9,23(30)32-10)17-22(13-2)18-29/h21-22H,12-20H2,1-11H3. The molecule has 0 aliphatic heterocycles. The van der Waals surface area contributed by atoms with Crippen LogP contribution in [-0.4, -0.2) is 34.0 Å². The number of methoxy groups -OCH3 is 2. The van der Waals surface area contributed by atoms with Crippen molar-refractivity contribution in [1.29, 1.82) is 0 Å². The average molecular weight is 465 g/mol. The predicted octanol–water partition coefficient (Wildman–Crippen LogP) is 7.40. The van der Waals surface area contributed by atoms with Crippen LogP contribution >= 0.6 is 0 Å². The van der Waals surface area contributed by atoms with Gasteiger partial charge in [0.1, 0.15) is 0 Å². The molecule has 0 amide bonds. The molecule has 0 N–H and O–H groups in total. The Labute approximate surface area is 206 Å². The fraction of sp³-hybridized carbons (Fsp3) is 0.929. The lowest BCUT2D eigenvalue weighted by molar-refractivity contribution is -0.177. The zero-order chi connectivity index (χ0) is 26.1. The van der Waals surface area contributed by atoms with Crippen LogP contribution in [0.4, 0.5) is 0 Å². The highest BCUT2D eigenvalue weighted by atomic mass is 16.5. The minimum atomic E-state index is -0.756. The van der Waals surface area contributed by atoms with Gasteiger partial charge in [-0.3, -0.25) is 9.59 Å². The minimum Gasteiger partial charge on any atom is -0.469 e. The van der Waals surface area contributed by atoms with Gasteiger partial charge in [0.15, 0.2) is 0 Å². The lowest BCUT2D eigenvalue weighted by atomic mass is 9.49. The highest BCUT2D eigenvalue weighted by Crippen LogP contribution is 2.60. The molecule has 5 heteroatoms. The summed E-state index contributed by atoms with van der Waals surface area (Å²) in [6.07, 6.45) is 6.81. The normalized spacial score (nSPS) is 18.0. The summed E-state index contributed by atoms with van der Waals surface area (Å²) >= 11 is 0. The van der Waals surface area contributed by atoms with E-state index >= 15 is 0 Å². The highest BCUT2D eigenvalue weighted by molar-refractivity contribution is 6.08. The van der Waals surface area contributed by atoms with Crippen LogP contribution in [0.25, 0.3) is 0 Å². The van der Waals surface area contributed by atoms with Crippen molar-refractivity contribution in [2.24, 2.45) is 33.5 Å². The van der Waals surface area contributed by atoms with Gasteiger partial charge in [-0.1, -0.05) is 81.0 Å². The summed E-state index contributed by atoms with van der Waals surface area (Å²) < 4.78 is 10.9. The summed E-state index contributed by atoms with van der Waals surface area (Å²) in [6.45, 7) is 19.4. The second-order valence-corrected chi connectivity index (χ2v) is 11.4. The number of carbonyl (C=O) groups is 2. The van der Waals surface area contributed by atoms with Crippen molar-refractivity contribution in [3.63, 3.8) is 0 Å². The first-order valence-electron chi connectivity index (χ1n) is 13.2. The van der Waals surface area contributed by atoms with Gasteiger partial charge < -0.3 is 9.47 Å². The molecule has 4 atom stereocenters. The van der Waals surface area contributed by atoms with Crippen LogP contribution in [0.2, 0.25) is 6.32 Å². The number of rotatable bonds is 16. The second-order valence-electron chi connectivity index (χ2n) is 11.4. The molecule has 0 aromatic carbocycles. The fourth-order valence-electron chi connectivity index (χ4n) is 6.12. The maximum absolute atomic E-state index is 13.7. The van der Waals surface area contributed by atoms with E-state index in [4.69, 9.17) is 17.3 Å². The molecule has 2 radical (unpaired) electrons. The van der Waals surface area contributed by atoms with E-state index in [0.29, 0.717) is 19.2 Å². The molecule has 0 aliphatic carbocycles. The van der Waals surface area contributed by atoms with Crippen molar-refractivity contribution in [2.45, 2.75) is 120 Å². The van der Waals surface area contributed by atoms with Crippen LogP contribution in [0.1, 0.15) is 114 Å². The predicted molar refractivity (Wildman–Crippen MR) is 139 cm³/mol. The lowest BCUT2D eigenvalue weighted by Gasteiger charge is -2.54. The molecule has 0 fully saturated rings. The minimum absolute atomic E-state index is 0.0320. The van der Waals surface area contributed by atoms with Gasteiger partial charge in [-0.2, -0.15) is 0 Å². The summed E-state index contributed by atoms with van der Waals surface area (Å²) in [5, 5.41) is 0. The van der Waals surface area contributed by atoms with E-state index in [0.717, 1.165) is 38.5 Å². The van der Waals surface area contributed by atoms with E-state index in [9.17, 15) is 9.59 Å². The van der Waals surface area contributed by atoms with Gasteiger partial charge in [0.2, 0.25) is 0 Å². The number of ether oxygens (including phenoxy) is 2. The van der Waals surface area contributed by atoms with Crippen molar-refractivity contribution in [1.82, 2.24) is 0 Å². The Balaban J connectivity index is 7.08. The smallest absolute Gasteiger partial charge is 0.312 e. The molecule has 4 unspecified atom stereocenters. The highest BCUT2D eigenvalue weighted by Gasteiger charge is 2.59. The quantitative estimate of drug-likeness (QED) is 0.176. The van der Waals surface area contributed by atoms with Crippen LogP contribution in [0, 0.1) is 33.5 Å². The Morgan fingerprint density at radius 3 is 1.67 bits per heavy atom. The van der Waals surface area contributed by atoms with Crippen LogP contribution in [0.5, 0.6) is 0 Å². The molecule has 0 aromatic rings. The summed E-state index contributed by atoms with van der Waals surface area (Å²) in [6, 6.07) is 0. The Bertz CT molecular complexity index is 609. The summed E-state index contributed by atoms with van der Waals surface area (Å²) in [5.74, 6) is -0.0140. The Kier molecular flexibility index (Phi) is 12.8. The molecule has 0 bridgehead atoms. The Morgan fingerprint density at radius 2 is 1.33 bits per heavy atom. The van der Waals surface area contributed by atoms with E-state index in [1.165, 1.54) is 14.2 Å². The van der Waals surface area contributed by atoms with Crippen molar-refractivity contribution >= 4 is 19.8 Å². The van der Waals surface area contributed by atoms with Crippen molar-refractivity contribution < 1.29 is 19.1 Å². The van der Waals surface area contributed by atoms with E-state index in [1.807, 2.05) is 6.92 Å². The number of hydrogen-bond acceptors (Lipinski definition) is 4. The van der Waals surface area contributed by atoms with Crippen LogP contribution in [0.3, 0.4) is 0 Å². The SMILES string of the molecule is [B]CC(CC)CC(C)(C(=O)OC)C(CC)(CC)CC(CC(C)(C)CC)(C(=O)OC)C(C)CC. The molecule has 0 spiro atoms. The van der Waals surface area contributed by atoms with E-state index in [1.54, 1.807) is 0 Å². The maximum atomic E-state index is 13.7. The number of hydrogen-bond donors (Lipinski definition) is 0. The van der Waals surface area contributed by atoms with Gasteiger partial charge in [0.25, 0.3) is 0 Å².